The van der Waals surface area contributed by atoms with E-state index in [0.717, 1.165) is 15.5 Å². The second-order valence-corrected chi connectivity index (χ2v) is 11.4. The number of rotatable bonds is 8. The van der Waals surface area contributed by atoms with E-state index < -0.39 is 60.5 Å². The zero-order valence-electron chi connectivity index (χ0n) is 16.3. The molecule has 1 aliphatic rings. The number of hydrogen-bond donors (Lipinski definition) is 8. The van der Waals surface area contributed by atoms with Crippen molar-refractivity contribution < 1.29 is 61.7 Å². The fourth-order valence-electron chi connectivity index (χ4n) is 2.86. The van der Waals surface area contributed by atoms with Crippen molar-refractivity contribution in [1.29, 1.82) is 0 Å². The molecule has 0 radical (unpaired) electrons. The number of aliphatic hydroxyl groups is 2. The number of anilines is 1. The third-order valence-electron chi connectivity index (χ3n) is 4.33. The van der Waals surface area contributed by atoms with Crippen LogP contribution in [-0.2, 0) is 34.1 Å². The van der Waals surface area contributed by atoms with Crippen LogP contribution in [0.15, 0.2) is 11.1 Å². The molecule has 5 atom stereocenters. The monoisotopic (exact) mass is 539 g/mol. The molecule has 3 heterocycles. The van der Waals surface area contributed by atoms with E-state index in [-0.39, 0.29) is 17.1 Å². The molecular formula is C11H20N5O14P3. The van der Waals surface area contributed by atoms with Crippen LogP contribution in [0.2, 0.25) is 0 Å². The SMILES string of the molecule is Cn1c(N)nc2c(ncn2[C@@H]2O[C@H](CO[PH](O)(O)OP(=O)(O)OP(=O)(O)O)C(O)[C@@H]2O)c1=O. The summed E-state index contributed by atoms with van der Waals surface area (Å²) in [6.45, 7) is -0.937. The second-order valence-electron chi connectivity index (χ2n) is 6.70. The Balaban J connectivity index is 1.74. The van der Waals surface area contributed by atoms with Gasteiger partial charge in [0.05, 0.1) is 0 Å². The van der Waals surface area contributed by atoms with Gasteiger partial charge in [-0.3, -0.25) is 0 Å². The molecule has 0 bridgehead atoms. The number of nitrogen functional groups attached to an aromatic ring is 1. The van der Waals surface area contributed by atoms with Gasteiger partial charge in [-0.1, -0.05) is 0 Å². The Labute approximate surface area is 183 Å². The minimum absolute atomic E-state index is 0.0828. The van der Waals surface area contributed by atoms with Gasteiger partial charge >= 0.3 is 182 Å². The van der Waals surface area contributed by atoms with Gasteiger partial charge in [0, 0.05) is 0 Å². The van der Waals surface area contributed by atoms with Crippen molar-refractivity contribution in [3.63, 3.8) is 0 Å². The normalized spacial score (nSPS) is 26.5. The molecule has 33 heavy (non-hydrogen) atoms. The minimum atomic E-state index is -5.66. The quantitative estimate of drug-likeness (QED) is 0.155. The summed E-state index contributed by atoms with van der Waals surface area (Å²) in [7, 11) is -15.4. The van der Waals surface area contributed by atoms with Crippen LogP contribution in [-0.4, -0.2) is 78.7 Å². The van der Waals surface area contributed by atoms with Crippen LogP contribution in [0.1, 0.15) is 6.23 Å². The first-order valence-corrected chi connectivity index (χ1v) is 13.3. The van der Waals surface area contributed by atoms with Crippen molar-refractivity contribution in [1.82, 2.24) is 19.1 Å². The molecule has 0 amide bonds. The molecule has 0 saturated carbocycles. The second kappa shape index (κ2) is 8.99. The molecular weight excluding hydrogens is 519 g/mol. The number of aromatic nitrogens is 4. The van der Waals surface area contributed by atoms with Crippen molar-refractivity contribution in [2.24, 2.45) is 7.05 Å². The first-order chi connectivity index (χ1) is 15.0. The van der Waals surface area contributed by atoms with Gasteiger partial charge < -0.3 is 0 Å². The summed E-state index contributed by atoms with van der Waals surface area (Å²) in [6.07, 6.45) is -5.17. The van der Waals surface area contributed by atoms with E-state index in [1.807, 2.05) is 0 Å². The Morgan fingerprint density at radius 3 is 2.48 bits per heavy atom. The third kappa shape index (κ3) is 5.82. The predicted molar refractivity (Wildman–Crippen MR) is 106 cm³/mol. The van der Waals surface area contributed by atoms with Crippen LogP contribution in [0.3, 0.4) is 0 Å². The van der Waals surface area contributed by atoms with Gasteiger partial charge in [0.25, 0.3) is 0 Å². The molecule has 22 heteroatoms. The maximum absolute atomic E-state index is 12.2. The first-order valence-electron chi connectivity index (χ1n) is 8.61. The summed E-state index contributed by atoms with van der Waals surface area (Å²) in [5.74, 6) is -0.179. The molecule has 1 fully saturated rings. The van der Waals surface area contributed by atoms with E-state index in [4.69, 9.17) is 20.3 Å². The van der Waals surface area contributed by atoms with Crippen LogP contribution in [0.25, 0.3) is 11.2 Å². The number of aliphatic hydroxyl groups excluding tert-OH is 2. The molecule has 188 valence electrons. The van der Waals surface area contributed by atoms with E-state index in [1.165, 1.54) is 7.05 Å². The molecule has 2 aromatic rings. The van der Waals surface area contributed by atoms with E-state index in [9.17, 15) is 38.8 Å². The number of nitrogens with zero attached hydrogens (tertiary/aromatic N) is 4. The summed E-state index contributed by atoms with van der Waals surface area (Å²) >= 11 is 0. The average Bonchev–Trinajstić information content (AvgIpc) is 3.17. The number of imidazole rings is 1. The van der Waals surface area contributed by atoms with Crippen LogP contribution < -0.4 is 11.3 Å². The Morgan fingerprint density at radius 1 is 1.24 bits per heavy atom. The molecule has 9 N–H and O–H groups in total. The van der Waals surface area contributed by atoms with Gasteiger partial charge in [-0.2, -0.15) is 0 Å². The maximum atomic E-state index is 12.2. The fourth-order valence-corrected chi connectivity index (χ4v) is 6.17. The fraction of sp³-hybridized carbons (Fsp3) is 0.545. The van der Waals surface area contributed by atoms with Crippen molar-refractivity contribution in [3.05, 3.63) is 16.7 Å². The number of phosphoric acid groups is 2. The standard InChI is InChI=1S/C11H20N5O14P3/c1-15-9(19)5-8(14-11(15)12)16(3-13-5)10-7(18)6(17)4(28-10)2-27-32(23,24)30-33(25,26)29-31(20,21)22/h3-4,6-7,10,17-18,23-24,32H,2H2,1H3,(H2,12,14)(H,25,26)(H2,20,21,22)/t4-,6?,7+,10-/m1/s1. The van der Waals surface area contributed by atoms with Gasteiger partial charge in [-0.15, -0.1) is 0 Å². The molecule has 0 spiro atoms. The van der Waals surface area contributed by atoms with Gasteiger partial charge in [0.1, 0.15) is 0 Å². The number of ether oxygens (including phenoxy) is 1. The van der Waals surface area contributed by atoms with E-state index in [0.29, 0.717) is 0 Å². The van der Waals surface area contributed by atoms with E-state index >= 15 is 0 Å². The zero-order valence-corrected chi connectivity index (χ0v) is 19.1. The predicted octanol–water partition coefficient (Wildman–Crippen LogP) is -3.03. The third-order valence-corrected chi connectivity index (χ3v) is 8.42. The van der Waals surface area contributed by atoms with Crippen molar-refractivity contribution in [2.75, 3.05) is 12.3 Å². The molecule has 1 saturated heterocycles. The summed E-state index contributed by atoms with van der Waals surface area (Å²) in [5, 5.41) is 20.6. The summed E-state index contributed by atoms with van der Waals surface area (Å²) in [4.78, 5) is 65.6. The van der Waals surface area contributed by atoms with Gasteiger partial charge in [0.15, 0.2) is 0 Å². The number of fused-ring (bicyclic) bond motifs is 1. The van der Waals surface area contributed by atoms with Crippen LogP contribution >= 0.6 is 23.8 Å². The van der Waals surface area contributed by atoms with Crippen molar-refractivity contribution in [3.8, 4) is 0 Å². The van der Waals surface area contributed by atoms with Gasteiger partial charge in [-0.25, -0.2) is 0 Å². The van der Waals surface area contributed by atoms with Crippen LogP contribution in [0.5, 0.6) is 0 Å². The van der Waals surface area contributed by atoms with Crippen molar-refractivity contribution >= 4 is 40.9 Å². The van der Waals surface area contributed by atoms with Crippen LogP contribution in [0.4, 0.5) is 5.95 Å². The Kier molecular flexibility index (Phi) is 7.14. The first kappa shape index (κ1) is 26.2. The van der Waals surface area contributed by atoms with Crippen molar-refractivity contribution in [2.45, 2.75) is 24.5 Å². The topological polar surface area (TPSA) is 291 Å². The molecule has 0 aromatic carbocycles. The molecule has 2 aromatic heterocycles. The molecule has 3 rings (SSSR count). The van der Waals surface area contributed by atoms with Crippen LogP contribution in [0, 0.1) is 0 Å². The van der Waals surface area contributed by atoms with Gasteiger partial charge in [0.2, 0.25) is 0 Å². The molecule has 1 aliphatic heterocycles. The summed E-state index contributed by atoms with van der Waals surface area (Å²) in [6, 6.07) is 0. The van der Waals surface area contributed by atoms with E-state index in [2.05, 4.69) is 23.1 Å². The average molecular weight is 539 g/mol. The Hall–Kier alpha value is -1.40. The molecule has 19 nitrogen and oxygen atoms in total. The Morgan fingerprint density at radius 2 is 1.88 bits per heavy atom. The number of hydrogen-bond acceptors (Lipinski definition) is 14. The number of nitrogens with two attached hydrogens (primary N) is 1. The zero-order chi connectivity index (χ0) is 24.9. The van der Waals surface area contributed by atoms with E-state index in [1.54, 1.807) is 0 Å². The molecule has 0 aliphatic carbocycles. The summed E-state index contributed by atoms with van der Waals surface area (Å²) < 4.78 is 41.4. The van der Waals surface area contributed by atoms with Gasteiger partial charge in [-0.05, 0) is 0 Å². The Bertz CT molecular complexity index is 1190. The molecule has 2 unspecified atom stereocenters. The summed E-state index contributed by atoms with van der Waals surface area (Å²) in [5.41, 5.74) is 4.86.